The predicted molar refractivity (Wildman–Crippen MR) is 77.0 cm³/mol. The van der Waals surface area contributed by atoms with E-state index in [1.807, 2.05) is 19.9 Å². The summed E-state index contributed by atoms with van der Waals surface area (Å²) in [5.41, 5.74) is 1.14. The molecule has 4 nitrogen and oxygen atoms in total. The first kappa shape index (κ1) is 14.1. The third kappa shape index (κ3) is 4.08. The molecule has 19 heavy (non-hydrogen) atoms. The molecule has 0 aliphatic heterocycles. The van der Waals surface area contributed by atoms with Gasteiger partial charge in [-0.15, -0.1) is 0 Å². The molecule has 0 saturated heterocycles. The van der Waals surface area contributed by atoms with Gasteiger partial charge in [-0.2, -0.15) is 5.10 Å². The average molecular weight is 263 g/mol. The fourth-order valence-electron chi connectivity index (χ4n) is 2.67. The zero-order chi connectivity index (χ0) is 13.7. The Morgan fingerprint density at radius 1 is 1.47 bits per heavy atom. The van der Waals surface area contributed by atoms with Crippen LogP contribution < -0.4 is 5.32 Å². The highest BCUT2D eigenvalue weighted by Gasteiger charge is 2.16. The number of carbonyl (C=O) groups is 1. The number of amides is 1. The minimum atomic E-state index is 0.0403. The highest BCUT2D eigenvalue weighted by Crippen LogP contribution is 2.26. The van der Waals surface area contributed by atoms with Gasteiger partial charge in [0, 0.05) is 17.7 Å². The molecule has 1 saturated carbocycles. The van der Waals surface area contributed by atoms with Crippen LogP contribution in [-0.4, -0.2) is 16.1 Å². The minimum Gasteiger partial charge on any atom is -0.309 e. The van der Waals surface area contributed by atoms with E-state index in [0.29, 0.717) is 5.82 Å². The molecule has 4 heteroatoms. The van der Waals surface area contributed by atoms with Gasteiger partial charge in [0.25, 0.3) is 0 Å². The van der Waals surface area contributed by atoms with Crippen LogP contribution in [0, 0.1) is 11.8 Å². The van der Waals surface area contributed by atoms with Crippen LogP contribution in [-0.2, 0) is 11.2 Å². The normalized spacial score (nSPS) is 18.2. The van der Waals surface area contributed by atoms with Gasteiger partial charge in [0.05, 0.1) is 0 Å². The lowest BCUT2D eigenvalue weighted by Gasteiger charge is -2.20. The molecule has 0 radical (unpaired) electrons. The second-order valence-corrected chi connectivity index (χ2v) is 5.79. The molecule has 0 spiro atoms. The average Bonchev–Trinajstić information content (AvgIpc) is 2.86. The first-order chi connectivity index (χ1) is 9.19. The van der Waals surface area contributed by atoms with E-state index in [2.05, 4.69) is 15.5 Å². The molecule has 2 rings (SSSR count). The molecule has 1 fully saturated rings. The summed E-state index contributed by atoms with van der Waals surface area (Å²) < 4.78 is 0. The first-order valence-electron chi connectivity index (χ1n) is 7.54. The Kier molecular flexibility index (Phi) is 5.00. The van der Waals surface area contributed by atoms with Gasteiger partial charge in [0.1, 0.15) is 0 Å². The van der Waals surface area contributed by atoms with Gasteiger partial charge in [0.15, 0.2) is 5.82 Å². The summed E-state index contributed by atoms with van der Waals surface area (Å²) in [7, 11) is 0. The van der Waals surface area contributed by atoms with Crippen molar-refractivity contribution >= 4 is 11.7 Å². The summed E-state index contributed by atoms with van der Waals surface area (Å²) in [6, 6.07) is 1.98. The summed E-state index contributed by atoms with van der Waals surface area (Å²) in [6.45, 7) is 3.95. The van der Waals surface area contributed by atoms with Crippen LogP contribution in [0.5, 0.6) is 0 Å². The smallest absolute Gasteiger partial charge is 0.228 e. The van der Waals surface area contributed by atoms with Crippen molar-refractivity contribution in [3.8, 4) is 0 Å². The summed E-state index contributed by atoms with van der Waals surface area (Å²) >= 11 is 0. The predicted octanol–water partition coefficient (Wildman–Crippen LogP) is 3.52. The van der Waals surface area contributed by atoms with Crippen LogP contribution in [0.4, 0.5) is 5.82 Å². The third-order valence-electron chi connectivity index (χ3n) is 4.18. The van der Waals surface area contributed by atoms with Crippen molar-refractivity contribution < 1.29 is 4.79 Å². The van der Waals surface area contributed by atoms with Gasteiger partial charge in [-0.05, 0) is 18.8 Å². The minimum absolute atomic E-state index is 0.0403. The van der Waals surface area contributed by atoms with E-state index in [-0.39, 0.29) is 11.8 Å². The number of hydrogen-bond donors (Lipinski definition) is 2. The van der Waals surface area contributed by atoms with Gasteiger partial charge in [0.2, 0.25) is 5.91 Å². The molecule has 0 aromatic carbocycles. The Bertz CT molecular complexity index is 407. The van der Waals surface area contributed by atoms with E-state index in [1.54, 1.807) is 0 Å². The van der Waals surface area contributed by atoms with Crippen LogP contribution in [0.3, 0.4) is 0 Å². The van der Waals surface area contributed by atoms with Crippen LogP contribution in [0.15, 0.2) is 6.07 Å². The second-order valence-electron chi connectivity index (χ2n) is 5.79. The number of rotatable bonds is 5. The van der Waals surface area contributed by atoms with Gasteiger partial charge in [-0.1, -0.05) is 46.0 Å². The number of hydrogen-bond acceptors (Lipinski definition) is 2. The third-order valence-corrected chi connectivity index (χ3v) is 4.18. The van der Waals surface area contributed by atoms with E-state index < -0.39 is 0 Å². The highest BCUT2D eigenvalue weighted by molar-refractivity contribution is 5.91. The highest BCUT2D eigenvalue weighted by atomic mass is 16.1. The maximum atomic E-state index is 11.8. The Morgan fingerprint density at radius 2 is 2.21 bits per heavy atom. The van der Waals surface area contributed by atoms with Crippen LogP contribution >= 0.6 is 0 Å². The molecule has 1 heterocycles. The number of anilines is 1. The van der Waals surface area contributed by atoms with Gasteiger partial charge in [-0.25, -0.2) is 0 Å². The largest absolute Gasteiger partial charge is 0.309 e. The first-order valence-corrected chi connectivity index (χ1v) is 7.54. The fraction of sp³-hybridized carbons (Fsp3) is 0.733. The van der Waals surface area contributed by atoms with E-state index in [1.165, 1.54) is 32.1 Å². The van der Waals surface area contributed by atoms with Crippen LogP contribution in [0.1, 0.15) is 58.1 Å². The molecule has 1 aromatic heterocycles. The standard InChI is InChI=1S/C15H25N3O/c1-3-11(2)15(19)16-14-10-13(17-18-14)9-12-7-5-4-6-8-12/h10-12H,3-9H2,1-2H3,(H2,16,17,18,19). The summed E-state index contributed by atoms with van der Waals surface area (Å²) in [5, 5.41) is 10.1. The number of nitrogens with one attached hydrogen (secondary N) is 2. The second kappa shape index (κ2) is 6.73. The maximum absolute atomic E-state index is 11.8. The number of aromatic nitrogens is 2. The molecule has 1 aliphatic carbocycles. The number of aromatic amines is 1. The Morgan fingerprint density at radius 3 is 2.89 bits per heavy atom. The lowest BCUT2D eigenvalue weighted by molar-refractivity contribution is -0.119. The number of nitrogens with zero attached hydrogens (tertiary/aromatic N) is 1. The van der Waals surface area contributed by atoms with Crippen molar-refractivity contribution in [2.45, 2.75) is 58.8 Å². The molecular weight excluding hydrogens is 238 g/mol. The van der Waals surface area contributed by atoms with Gasteiger partial charge >= 0.3 is 0 Å². The lowest BCUT2D eigenvalue weighted by Crippen LogP contribution is -2.19. The summed E-state index contributed by atoms with van der Waals surface area (Å²) in [4.78, 5) is 11.8. The molecule has 2 N–H and O–H groups in total. The van der Waals surface area contributed by atoms with Gasteiger partial charge < -0.3 is 5.32 Å². The molecule has 1 atom stereocenters. The van der Waals surface area contributed by atoms with Crippen LogP contribution in [0.25, 0.3) is 0 Å². The van der Waals surface area contributed by atoms with Crippen molar-refractivity contribution in [1.82, 2.24) is 10.2 Å². The molecule has 0 bridgehead atoms. The summed E-state index contributed by atoms with van der Waals surface area (Å²) in [5.74, 6) is 1.54. The van der Waals surface area contributed by atoms with Gasteiger partial charge in [-0.3, -0.25) is 9.89 Å². The van der Waals surface area contributed by atoms with Crippen molar-refractivity contribution in [3.63, 3.8) is 0 Å². The fourth-order valence-corrected chi connectivity index (χ4v) is 2.67. The Labute approximate surface area is 115 Å². The quantitative estimate of drug-likeness (QED) is 0.854. The zero-order valence-corrected chi connectivity index (χ0v) is 12.0. The Balaban J connectivity index is 1.86. The molecule has 1 unspecified atom stereocenters. The van der Waals surface area contributed by atoms with Crippen molar-refractivity contribution in [1.29, 1.82) is 0 Å². The number of H-pyrrole nitrogens is 1. The monoisotopic (exact) mass is 263 g/mol. The molecule has 1 amide bonds. The van der Waals surface area contributed by atoms with E-state index in [4.69, 9.17) is 0 Å². The maximum Gasteiger partial charge on any atom is 0.228 e. The molecular formula is C15H25N3O. The van der Waals surface area contributed by atoms with Crippen molar-refractivity contribution in [3.05, 3.63) is 11.8 Å². The summed E-state index contributed by atoms with van der Waals surface area (Å²) in [6.07, 6.45) is 8.67. The molecule has 106 valence electrons. The number of carbonyl (C=O) groups excluding carboxylic acids is 1. The van der Waals surface area contributed by atoms with Crippen molar-refractivity contribution in [2.75, 3.05) is 5.32 Å². The molecule has 1 aromatic rings. The van der Waals surface area contributed by atoms with E-state index >= 15 is 0 Å². The van der Waals surface area contributed by atoms with E-state index in [9.17, 15) is 4.79 Å². The topological polar surface area (TPSA) is 57.8 Å². The van der Waals surface area contributed by atoms with E-state index in [0.717, 1.165) is 24.5 Å². The van der Waals surface area contributed by atoms with Crippen molar-refractivity contribution in [2.24, 2.45) is 11.8 Å². The lowest BCUT2D eigenvalue weighted by atomic mass is 9.86. The SMILES string of the molecule is CCC(C)C(=O)Nc1cc(CC2CCCCC2)[nH]n1. The van der Waals surface area contributed by atoms with Crippen LogP contribution in [0.2, 0.25) is 0 Å². The Hall–Kier alpha value is -1.32. The molecule has 1 aliphatic rings. The zero-order valence-electron chi connectivity index (χ0n) is 12.0.